The summed E-state index contributed by atoms with van der Waals surface area (Å²) in [6, 6.07) is 0. The summed E-state index contributed by atoms with van der Waals surface area (Å²) >= 11 is 5.88. The molecule has 5 heteroatoms. The second-order valence-electron chi connectivity index (χ2n) is 3.79. The average molecular weight is 228 g/mol. The highest BCUT2D eigenvalue weighted by Crippen LogP contribution is 2.35. The zero-order chi connectivity index (χ0) is 10.7. The van der Waals surface area contributed by atoms with E-state index < -0.39 is 0 Å². The topological polar surface area (TPSA) is 47.0 Å². The molecular weight excluding hydrogens is 214 g/mol. The molecule has 1 heterocycles. The van der Waals surface area contributed by atoms with Crippen LogP contribution in [0.3, 0.4) is 0 Å². The van der Waals surface area contributed by atoms with E-state index in [2.05, 4.69) is 15.3 Å². The van der Waals surface area contributed by atoms with Gasteiger partial charge in [-0.2, -0.15) is 0 Å². The van der Waals surface area contributed by atoms with E-state index in [0.717, 1.165) is 19.4 Å². The zero-order valence-electron chi connectivity index (χ0n) is 8.66. The van der Waals surface area contributed by atoms with Crippen molar-refractivity contribution in [1.29, 1.82) is 0 Å². The van der Waals surface area contributed by atoms with Gasteiger partial charge in [0.25, 0.3) is 0 Å². The number of hydrogen-bond acceptors (Lipinski definition) is 4. The van der Waals surface area contributed by atoms with Crippen molar-refractivity contribution in [3.63, 3.8) is 0 Å². The Bertz CT molecular complexity index is 336. The highest BCUT2D eigenvalue weighted by molar-refractivity contribution is 6.31. The maximum Gasteiger partial charge on any atom is 0.171 e. The molecule has 1 aromatic heterocycles. The molecule has 15 heavy (non-hydrogen) atoms. The van der Waals surface area contributed by atoms with Crippen molar-refractivity contribution >= 4 is 17.4 Å². The van der Waals surface area contributed by atoms with Crippen LogP contribution in [0.2, 0.25) is 5.15 Å². The van der Waals surface area contributed by atoms with Crippen molar-refractivity contribution in [2.75, 3.05) is 19.0 Å². The molecule has 0 bridgehead atoms. The number of aromatic nitrogens is 2. The molecular formula is C10H14ClN3O. The van der Waals surface area contributed by atoms with E-state index in [9.17, 15) is 0 Å². The van der Waals surface area contributed by atoms with E-state index in [1.54, 1.807) is 19.5 Å². The first-order valence-corrected chi connectivity index (χ1v) is 5.39. The maximum atomic E-state index is 5.88. The number of nitrogens with zero attached hydrogens (tertiary/aromatic N) is 2. The standard InChI is InChI=1S/C10H14ClN3O/c1-15-10(3-2-4-10)7-14-9-8(11)12-5-6-13-9/h5-6H,2-4,7H2,1H3,(H,13,14). The van der Waals surface area contributed by atoms with Crippen molar-refractivity contribution in [2.24, 2.45) is 0 Å². The molecule has 0 aliphatic heterocycles. The fourth-order valence-electron chi connectivity index (χ4n) is 1.71. The molecule has 0 radical (unpaired) electrons. The monoisotopic (exact) mass is 227 g/mol. The Morgan fingerprint density at radius 3 is 2.73 bits per heavy atom. The molecule has 1 aromatic rings. The number of methoxy groups -OCH3 is 1. The third kappa shape index (κ3) is 2.21. The van der Waals surface area contributed by atoms with Crippen molar-refractivity contribution < 1.29 is 4.74 Å². The first kappa shape index (κ1) is 10.6. The van der Waals surface area contributed by atoms with E-state index in [0.29, 0.717) is 11.0 Å². The van der Waals surface area contributed by atoms with E-state index in [1.165, 1.54) is 6.42 Å². The van der Waals surface area contributed by atoms with Crippen LogP contribution in [0.4, 0.5) is 5.82 Å². The van der Waals surface area contributed by atoms with Gasteiger partial charge < -0.3 is 10.1 Å². The number of halogens is 1. The number of anilines is 1. The van der Waals surface area contributed by atoms with Crippen molar-refractivity contribution in [3.8, 4) is 0 Å². The van der Waals surface area contributed by atoms with Gasteiger partial charge in [-0.25, -0.2) is 9.97 Å². The van der Waals surface area contributed by atoms with Crippen molar-refractivity contribution in [1.82, 2.24) is 9.97 Å². The molecule has 1 fully saturated rings. The molecule has 0 unspecified atom stereocenters. The van der Waals surface area contributed by atoms with Crippen LogP contribution in [0.1, 0.15) is 19.3 Å². The zero-order valence-corrected chi connectivity index (χ0v) is 9.42. The van der Waals surface area contributed by atoms with Crippen molar-refractivity contribution in [2.45, 2.75) is 24.9 Å². The highest BCUT2D eigenvalue weighted by Gasteiger charge is 2.36. The molecule has 2 rings (SSSR count). The average Bonchev–Trinajstić information content (AvgIpc) is 2.19. The Hall–Kier alpha value is -0.870. The van der Waals surface area contributed by atoms with Crippen LogP contribution in [-0.4, -0.2) is 29.2 Å². The second kappa shape index (κ2) is 4.33. The SMILES string of the molecule is COC1(CNc2nccnc2Cl)CCC1. The lowest BCUT2D eigenvalue weighted by Crippen LogP contribution is -2.45. The molecule has 4 nitrogen and oxygen atoms in total. The Kier molecular flexibility index (Phi) is 3.07. The summed E-state index contributed by atoms with van der Waals surface area (Å²) in [5.41, 5.74) is -0.0269. The number of ether oxygens (including phenoxy) is 1. The van der Waals surface area contributed by atoms with Gasteiger partial charge in [0.2, 0.25) is 0 Å². The van der Waals surface area contributed by atoms with E-state index >= 15 is 0 Å². The summed E-state index contributed by atoms with van der Waals surface area (Å²) in [5.74, 6) is 0.627. The van der Waals surface area contributed by atoms with E-state index in [-0.39, 0.29) is 5.60 Å². The van der Waals surface area contributed by atoms with Gasteiger partial charge in [-0.05, 0) is 19.3 Å². The van der Waals surface area contributed by atoms with Gasteiger partial charge in [-0.1, -0.05) is 11.6 Å². The van der Waals surface area contributed by atoms with Crippen LogP contribution in [-0.2, 0) is 4.74 Å². The second-order valence-corrected chi connectivity index (χ2v) is 4.15. The van der Waals surface area contributed by atoms with Gasteiger partial charge in [0.05, 0.1) is 5.60 Å². The van der Waals surface area contributed by atoms with Gasteiger partial charge in [-0.3, -0.25) is 0 Å². The molecule has 0 atom stereocenters. The van der Waals surface area contributed by atoms with Gasteiger partial charge in [-0.15, -0.1) is 0 Å². The van der Waals surface area contributed by atoms with Gasteiger partial charge in [0, 0.05) is 26.0 Å². The number of rotatable bonds is 4. The molecule has 1 N–H and O–H groups in total. The lowest BCUT2D eigenvalue weighted by molar-refractivity contribution is -0.0601. The van der Waals surface area contributed by atoms with E-state index in [1.807, 2.05) is 0 Å². The minimum atomic E-state index is -0.0269. The largest absolute Gasteiger partial charge is 0.376 e. The molecule has 1 aliphatic rings. The van der Waals surface area contributed by atoms with Crippen LogP contribution in [0.5, 0.6) is 0 Å². The quantitative estimate of drug-likeness (QED) is 0.856. The number of hydrogen-bond donors (Lipinski definition) is 1. The third-order valence-corrected chi connectivity index (χ3v) is 3.21. The van der Waals surface area contributed by atoms with E-state index in [4.69, 9.17) is 16.3 Å². The molecule has 0 spiro atoms. The lowest BCUT2D eigenvalue weighted by Gasteiger charge is -2.40. The Morgan fingerprint density at radius 2 is 2.20 bits per heavy atom. The van der Waals surface area contributed by atoms with Crippen LogP contribution < -0.4 is 5.32 Å². The minimum Gasteiger partial charge on any atom is -0.376 e. The first-order valence-electron chi connectivity index (χ1n) is 5.01. The summed E-state index contributed by atoms with van der Waals surface area (Å²) < 4.78 is 5.48. The molecule has 82 valence electrons. The third-order valence-electron chi connectivity index (χ3n) is 2.93. The lowest BCUT2D eigenvalue weighted by atomic mass is 9.80. The Balaban J connectivity index is 1.95. The summed E-state index contributed by atoms with van der Waals surface area (Å²) in [7, 11) is 1.75. The summed E-state index contributed by atoms with van der Waals surface area (Å²) in [6.07, 6.45) is 6.60. The molecule has 1 saturated carbocycles. The predicted molar refractivity (Wildman–Crippen MR) is 59.1 cm³/mol. The summed E-state index contributed by atoms with van der Waals surface area (Å²) in [6.45, 7) is 0.738. The van der Waals surface area contributed by atoms with Crippen LogP contribution in [0.25, 0.3) is 0 Å². The maximum absolute atomic E-state index is 5.88. The Morgan fingerprint density at radius 1 is 1.47 bits per heavy atom. The fraction of sp³-hybridized carbons (Fsp3) is 0.600. The van der Waals surface area contributed by atoms with Crippen LogP contribution >= 0.6 is 11.6 Å². The predicted octanol–water partition coefficient (Wildman–Crippen LogP) is 2.11. The normalized spacial score (nSPS) is 18.3. The van der Waals surface area contributed by atoms with Crippen LogP contribution in [0, 0.1) is 0 Å². The van der Waals surface area contributed by atoms with Gasteiger partial charge >= 0.3 is 0 Å². The molecule has 0 amide bonds. The molecule has 1 aliphatic carbocycles. The molecule has 0 saturated heterocycles. The highest BCUT2D eigenvalue weighted by atomic mass is 35.5. The fourth-order valence-corrected chi connectivity index (χ4v) is 1.88. The van der Waals surface area contributed by atoms with Gasteiger partial charge in [0.1, 0.15) is 0 Å². The summed E-state index contributed by atoms with van der Waals surface area (Å²) in [4.78, 5) is 8.06. The number of nitrogens with one attached hydrogen (secondary N) is 1. The summed E-state index contributed by atoms with van der Waals surface area (Å²) in [5, 5.41) is 3.58. The van der Waals surface area contributed by atoms with Crippen LogP contribution in [0.15, 0.2) is 12.4 Å². The molecule has 0 aromatic carbocycles. The Labute approximate surface area is 94.0 Å². The van der Waals surface area contributed by atoms with Gasteiger partial charge in [0.15, 0.2) is 11.0 Å². The van der Waals surface area contributed by atoms with Crippen molar-refractivity contribution in [3.05, 3.63) is 17.5 Å². The minimum absolute atomic E-state index is 0.0269. The smallest absolute Gasteiger partial charge is 0.171 e. The first-order chi connectivity index (χ1) is 7.26.